The third kappa shape index (κ3) is 4.73. The summed E-state index contributed by atoms with van der Waals surface area (Å²) >= 11 is 0. The highest BCUT2D eigenvalue weighted by Gasteiger charge is 2.29. The molecule has 1 aliphatic heterocycles. The van der Waals surface area contributed by atoms with Crippen LogP contribution >= 0.6 is 0 Å². The largest absolute Gasteiger partial charge is 0.354 e. The number of carbonyl (C=O) groups excluding carboxylic acids is 2. The Balaban J connectivity index is 1.60. The van der Waals surface area contributed by atoms with E-state index in [2.05, 4.69) is 20.8 Å². The Labute approximate surface area is 162 Å². The zero-order chi connectivity index (χ0) is 20.1. The molecule has 10 nitrogen and oxygen atoms in total. The van der Waals surface area contributed by atoms with E-state index in [1.807, 2.05) is 0 Å². The summed E-state index contributed by atoms with van der Waals surface area (Å²) in [6.07, 6.45) is 1.14. The van der Waals surface area contributed by atoms with Gasteiger partial charge in [0.05, 0.1) is 11.4 Å². The van der Waals surface area contributed by atoms with Gasteiger partial charge in [0.1, 0.15) is 0 Å². The highest BCUT2D eigenvalue weighted by Crippen LogP contribution is 2.18. The molecule has 1 aromatic carbocycles. The molecule has 1 aromatic heterocycles. The second-order valence-electron chi connectivity index (χ2n) is 6.31. The van der Waals surface area contributed by atoms with Crippen molar-refractivity contribution >= 4 is 21.8 Å². The van der Waals surface area contributed by atoms with Crippen molar-refractivity contribution in [2.75, 3.05) is 26.2 Å². The highest BCUT2D eigenvalue weighted by molar-refractivity contribution is 7.89. The van der Waals surface area contributed by atoms with Gasteiger partial charge in [-0.05, 0) is 31.5 Å². The van der Waals surface area contributed by atoms with E-state index >= 15 is 0 Å². The van der Waals surface area contributed by atoms with Crippen LogP contribution in [0.1, 0.15) is 28.5 Å². The monoisotopic (exact) mass is 407 g/mol. The molecule has 1 fully saturated rings. The number of amides is 2. The molecule has 1 aliphatic rings. The molecule has 0 aliphatic carbocycles. The van der Waals surface area contributed by atoms with E-state index in [-0.39, 0.29) is 41.9 Å². The first kappa shape index (κ1) is 20.0. The lowest BCUT2D eigenvalue weighted by molar-refractivity contribution is -0.122. The van der Waals surface area contributed by atoms with E-state index in [1.165, 1.54) is 18.2 Å². The van der Waals surface area contributed by atoms with Gasteiger partial charge in [0, 0.05) is 31.6 Å². The zero-order valence-corrected chi connectivity index (χ0v) is 16.2. The van der Waals surface area contributed by atoms with E-state index in [4.69, 9.17) is 4.52 Å². The van der Waals surface area contributed by atoms with Crippen molar-refractivity contribution in [1.29, 1.82) is 0 Å². The van der Waals surface area contributed by atoms with Gasteiger partial charge < -0.3 is 15.2 Å². The summed E-state index contributed by atoms with van der Waals surface area (Å²) in [5, 5.41) is 9.02. The van der Waals surface area contributed by atoms with Crippen molar-refractivity contribution in [3.8, 4) is 0 Å². The van der Waals surface area contributed by atoms with Gasteiger partial charge in [0.25, 0.3) is 5.91 Å². The first-order valence-corrected chi connectivity index (χ1v) is 10.2. The molecular formula is C17H21N5O5S. The molecule has 0 spiro atoms. The number of aromatic nitrogens is 2. The molecule has 2 heterocycles. The third-order valence-corrected chi connectivity index (χ3v) is 6.00. The number of aryl methyl sites for hydroxylation is 2. The molecule has 0 atom stereocenters. The van der Waals surface area contributed by atoms with Crippen LogP contribution in [0.2, 0.25) is 0 Å². The average molecular weight is 407 g/mol. The van der Waals surface area contributed by atoms with Crippen LogP contribution in [0.5, 0.6) is 0 Å². The Bertz CT molecular complexity index is 972. The molecular weight excluding hydrogens is 386 g/mol. The molecule has 11 heteroatoms. The third-order valence-electron chi connectivity index (χ3n) is 4.16. The number of hydrogen-bond donors (Lipinski definition) is 2. The fourth-order valence-corrected chi connectivity index (χ4v) is 4.20. The zero-order valence-electron chi connectivity index (χ0n) is 15.3. The van der Waals surface area contributed by atoms with Crippen molar-refractivity contribution in [1.82, 2.24) is 25.1 Å². The first-order valence-electron chi connectivity index (χ1n) is 8.80. The molecule has 150 valence electrons. The van der Waals surface area contributed by atoms with Gasteiger partial charge in [-0.3, -0.25) is 9.59 Å². The maximum Gasteiger partial charge on any atom is 0.251 e. The summed E-state index contributed by atoms with van der Waals surface area (Å²) in [6, 6.07) is 5.78. The van der Waals surface area contributed by atoms with Crippen LogP contribution in [0.3, 0.4) is 0 Å². The van der Waals surface area contributed by atoms with E-state index in [0.717, 1.165) is 4.31 Å². The van der Waals surface area contributed by atoms with Gasteiger partial charge >= 0.3 is 0 Å². The minimum atomic E-state index is -3.84. The fraction of sp³-hybridized carbons (Fsp3) is 0.412. The number of sulfonamides is 1. The molecule has 2 amide bonds. The standard InChI is InChI=1S/C17H21N5O5S/c1-12-20-16(27-21-12)6-3-7-19-17(24)13-4-2-5-14(10-13)28(25,26)22-9-8-18-15(23)11-22/h2,4-5,10H,3,6-9,11H2,1H3,(H,18,23)(H,19,24). The van der Waals surface area contributed by atoms with E-state index in [1.54, 1.807) is 13.0 Å². The van der Waals surface area contributed by atoms with E-state index in [0.29, 0.717) is 31.1 Å². The maximum atomic E-state index is 12.7. The minimum absolute atomic E-state index is 0.0174. The Morgan fingerprint density at radius 3 is 2.93 bits per heavy atom. The fourth-order valence-electron chi connectivity index (χ4n) is 2.75. The van der Waals surface area contributed by atoms with Gasteiger partial charge in [0.2, 0.25) is 21.8 Å². The van der Waals surface area contributed by atoms with Crippen LogP contribution in [0.4, 0.5) is 0 Å². The number of hydrogen-bond acceptors (Lipinski definition) is 7. The van der Waals surface area contributed by atoms with E-state index in [9.17, 15) is 18.0 Å². The first-order chi connectivity index (χ1) is 13.4. The van der Waals surface area contributed by atoms with Gasteiger partial charge in [-0.2, -0.15) is 9.29 Å². The molecule has 0 radical (unpaired) electrons. The highest BCUT2D eigenvalue weighted by atomic mass is 32.2. The van der Waals surface area contributed by atoms with Crippen molar-refractivity contribution in [3.63, 3.8) is 0 Å². The van der Waals surface area contributed by atoms with Crippen LogP contribution in [0, 0.1) is 6.92 Å². The van der Waals surface area contributed by atoms with Gasteiger partial charge in [-0.15, -0.1) is 0 Å². The second-order valence-corrected chi connectivity index (χ2v) is 8.25. The lowest BCUT2D eigenvalue weighted by atomic mass is 10.2. The normalized spacial score (nSPS) is 15.2. The van der Waals surface area contributed by atoms with Gasteiger partial charge in [0.15, 0.2) is 5.82 Å². The Morgan fingerprint density at radius 2 is 2.21 bits per heavy atom. The van der Waals surface area contributed by atoms with Crippen LogP contribution in [0.15, 0.2) is 33.7 Å². The summed E-state index contributed by atoms with van der Waals surface area (Å²) in [6.45, 7) is 2.33. The molecule has 0 bridgehead atoms. The number of nitrogens with one attached hydrogen (secondary N) is 2. The SMILES string of the molecule is Cc1noc(CCCNC(=O)c2cccc(S(=O)(=O)N3CCNC(=O)C3)c2)n1. The molecule has 1 saturated heterocycles. The van der Waals surface area contributed by atoms with Crippen molar-refractivity contribution in [2.24, 2.45) is 0 Å². The molecule has 28 heavy (non-hydrogen) atoms. The molecule has 0 unspecified atom stereocenters. The molecule has 2 N–H and O–H groups in total. The number of rotatable bonds is 7. The predicted octanol–water partition coefficient (Wildman–Crippen LogP) is -0.139. The average Bonchev–Trinajstić information content (AvgIpc) is 3.10. The topological polar surface area (TPSA) is 134 Å². The Hall–Kier alpha value is -2.79. The predicted molar refractivity (Wildman–Crippen MR) is 97.9 cm³/mol. The summed E-state index contributed by atoms with van der Waals surface area (Å²) in [4.78, 5) is 27.9. The van der Waals surface area contributed by atoms with Crippen molar-refractivity contribution < 1.29 is 22.5 Å². The number of benzene rings is 1. The lowest BCUT2D eigenvalue weighted by Gasteiger charge is -2.26. The summed E-state index contributed by atoms with van der Waals surface area (Å²) in [5.41, 5.74) is 0.233. The Kier molecular flexibility index (Phi) is 6.05. The van der Waals surface area contributed by atoms with Crippen LogP contribution in [-0.2, 0) is 21.2 Å². The lowest BCUT2D eigenvalue weighted by Crippen LogP contribution is -2.49. The van der Waals surface area contributed by atoms with E-state index < -0.39 is 10.0 Å². The molecule has 3 rings (SSSR count). The van der Waals surface area contributed by atoms with Gasteiger partial charge in [-0.1, -0.05) is 11.2 Å². The summed E-state index contributed by atoms with van der Waals surface area (Å²) in [7, 11) is -3.84. The van der Waals surface area contributed by atoms with Crippen molar-refractivity contribution in [2.45, 2.75) is 24.7 Å². The van der Waals surface area contributed by atoms with Crippen LogP contribution in [-0.4, -0.2) is 60.9 Å². The number of carbonyl (C=O) groups is 2. The summed E-state index contributed by atoms with van der Waals surface area (Å²) in [5.74, 6) is 0.337. The quantitative estimate of drug-likeness (QED) is 0.610. The van der Waals surface area contributed by atoms with Crippen LogP contribution in [0.25, 0.3) is 0 Å². The Morgan fingerprint density at radius 1 is 1.39 bits per heavy atom. The maximum absolute atomic E-state index is 12.7. The molecule has 2 aromatic rings. The van der Waals surface area contributed by atoms with Crippen molar-refractivity contribution in [3.05, 3.63) is 41.5 Å². The molecule has 0 saturated carbocycles. The summed E-state index contributed by atoms with van der Waals surface area (Å²) < 4.78 is 31.5. The minimum Gasteiger partial charge on any atom is -0.354 e. The van der Waals surface area contributed by atoms with Crippen LogP contribution < -0.4 is 10.6 Å². The number of piperazine rings is 1. The number of nitrogens with zero attached hydrogens (tertiary/aromatic N) is 3. The van der Waals surface area contributed by atoms with Gasteiger partial charge in [-0.25, -0.2) is 8.42 Å². The second kappa shape index (κ2) is 8.48. The smallest absolute Gasteiger partial charge is 0.251 e.